The zero-order valence-electron chi connectivity index (χ0n) is 31.2. The second-order valence-electron chi connectivity index (χ2n) is 14.6. The van der Waals surface area contributed by atoms with Gasteiger partial charge < -0.3 is 25.5 Å². The van der Waals surface area contributed by atoms with Crippen LogP contribution < -0.4 is 5.73 Å². The molecule has 0 bridgehead atoms. The molecule has 0 unspecified atom stereocenters. The average Bonchev–Trinajstić information content (AvgIpc) is 3.80. The summed E-state index contributed by atoms with van der Waals surface area (Å²) >= 11 is 2.66. The third-order valence-corrected chi connectivity index (χ3v) is 12.5. The Kier molecular flexibility index (Phi) is 15.9. The number of carbonyl (C=O) groups excluding carboxylic acids is 3. The Morgan fingerprint density at radius 1 is 1.00 bits per heavy atom. The molecule has 5 rings (SSSR count). The van der Waals surface area contributed by atoms with Gasteiger partial charge in [0.1, 0.15) is 0 Å². The number of aryl methyl sites for hydroxylation is 1. The van der Waals surface area contributed by atoms with Crippen LogP contribution in [0.25, 0.3) is 0 Å². The fraction of sp³-hybridized carbons (Fsp3) is 0.676. The van der Waals surface area contributed by atoms with Gasteiger partial charge in [-0.2, -0.15) is 0 Å². The number of carbonyl (C=O) groups is 3. The number of aromatic nitrogens is 6. The molecule has 290 valence electrons. The highest BCUT2D eigenvalue weighted by molar-refractivity contribution is 7.99. The van der Waals surface area contributed by atoms with Gasteiger partial charge in [-0.05, 0) is 53.7 Å². The SMILES string of the molecule is CN(CCc1ccccn1)C(=O)CN(CC1CCCCC1)C(=O)CCC(=O)N(Cc1csc(N)n1)[C@@H](CC1CCCCC1)[C@@H](O)CSc1nnnn1C. The number of aliphatic hydroxyl groups excluding tert-OH is 1. The maximum Gasteiger partial charge on any atom is 0.241 e. The molecule has 0 spiro atoms. The van der Waals surface area contributed by atoms with Gasteiger partial charge in [-0.1, -0.05) is 69.2 Å². The predicted molar refractivity (Wildman–Crippen MR) is 206 cm³/mol. The lowest BCUT2D eigenvalue weighted by molar-refractivity contribution is -0.143. The zero-order chi connectivity index (χ0) is 37.6. The Labute approximate surface area is 321 Å². The molecule has 16 heteroatoms. The van der Waals surface area contributed by atoms with E-state index in [0.29, 0.717) is 59.5 Å². The number of nitrogen functional groups attached to an aromatic ring is 1. The second-order valence-corrected chi connectivity index (χ2v) is 16.5. The number of anilines is 1. The largest absolute Gasteiger partial charge is 0.390 e. The molecule has 3 heterocycles. The third kappa shape index (κ3) is 12.7. The third-order valence-electron chi connectivity index (χ3n) is 10.6. The normalized spacial score (nSPS) is 16.6. The van der Waals surface area contributed by atoms with Crippen molar-refractivity contribution in [1.29, 1.82) is 0 Å². The van der Waals surface area contributed by atoms with E-state index in [1.54, 1.807) is 39.7 Å². The van der Waals surface area contributed by atoms with Gasteiger partial charge in [0.25, 0.3) is 0 Å². The molecule has 2 fully saturated rings. The lowest BCUT2D eigenvalue weighted by Gasteiger charge is -2.38. The van der Waals surface area contributed by atoms with E-state index < -0.39 is 12.1 Å². The van der Waals surface area contributed by atoms with Crippen molar-refractivity contribution in [2.75, 3.05) is 38.2 Å². The lowest BCUT2D eigenvalue weighted by atomic mass is 9.83. The predicted octanol–water partition coefficient (Wildman–Crippen LogP) is 4.35. The summed E-state index contributed by atoms with van der Waals surface area (Å²) in [7, 11) is 3.51. The van der Waals surface area contributed by atoms with Gasteiger partial charge in [0.15, 0.2) is 5.13 Å². The molecule has 3 N–H and O–H groups in total. The van der Waals surface area contributed by atoms with Crippen LogP contribution in [-0.4, -0.2) is 112 Å². The van der Waals surface area contributed by atoms with Crippen LogP contribution in [0.1, 0.15) is 94.9 Å². The van der Waals surface area contributed by atoms with Gasteiger partial charge in [-0.25, -0.2) is 9.67 Å². The Morgan fingerprint density at radius 2 is 1.72 bits per heavy atom. The molecule has 2 aliphatic rings. The van der Waals surface area contributed by atoms with E-state index in [1.807, 2.05) is 23.6 Å². The molecule has 3 amide bonds. The molecule has 14 nitrogen and oxygen atoms in total. The molecule has 0 aliphatic heterocycles. The van der Waals surface area contributed by atoms with Crippen molar-refractivity contribution in [2.45, 2.75) is 114 Å². The molecule has 0 radical (unpaired) electrons. The van der Waals surface area contributed by atoms with Gasteiger partial charge in [0.05, 0.1) is 30.9 Å². The molecular weight excluding hydrogens is 713 g/mol. The molecule has 3 aromatic rings. The summed E-state index contributed by atoms with van der Waals surface area (Å²) in [5, 5.41) is 26.3. The van der Waals surface area contributed by atoms with Crippen molar-refractivity contribution in [2.24, 2.45) is 18.9 Å². The number of nitrogens with zero attached hydrogens (tertiary/aromatic N) is 9. The summed E-state index contributed by atoms with van der Waals surface area (Å²) in [4.78, 5) is 55.7. The number of rotatable bonds is 19. The quantitative estimate of drug-likeness (QED) is 0.166. The first-order valence-corrected chi connectivity index (χ1v) is 21.0. The number of nitrogens with two attached hydrogens (primary N) is 1. The number of likely N-dealkylation sites (N-methyl/N-ethyl adjacent to an activating group) is 1. The van der Waals surface area contributed by atoms with Crippen molar-refractivity contribution in [1.82, 2.24) is 44.9 Å². The van der Waals surface area contributed by atoms with Gasteiger partial charge in [-0.15, -0.1) is 16.4 Å². The summed E-state index contributed by atoms with van der Waals surface area (Å²) in [5.74, 6) is 0.422. The number of pyridine rings is 1. The number of thioether (sulfide) groups is 1. The fourth-order valence-corrected chi connectivity index (χ4v) is 8.93. The van der Waals surface area contributed by atoms with Crippen LogP contribution >= 0.6 is 23.1 Å². The van der Waals surface area contributed by atoms with Crippen molar-refractivity contribution in [3.8, 4) is 0 Å². The van der Waals surface area contributed by atoms with Crippen LogP contribution in [0.3, 0.4) is 0 Å². The van der Waals surface area contributed by atoms with Gasteiger partial charge in [-0.3, -0.25) is 19.4 Å². The fourth-order valence-electron chi connectivity index (χ4n) is 7.52. The topological polar surface area (TPSA) is 177 Å². The van der Waals surface area contributed by atoms with E-state index in [4.69, 9.17) is 5.73 Å². The van der Waals surface area contributed by atoms with E-state index in [9.17, 15) is 19.5 Å². The number of tetrazole rings is 1. The maximum atomic E-state index is 14.4. The highest BCUT2D eigenvalue weighted by atomic mass is 32.2. The smallest absolute Gasteiger partial charge is 0.241 e. The number of hydrogen-bond acceptors (Lipinski definition) is 12. The minimum Gasteiger partial charge on any atom is -0.390 e. The standard InChI is InChI=1S/C37H56N10O4S2/c1-44(20-18-29-15-9-10-19-39-29)35(51)24-46(22-28-13-7-4-8-14-28)33(49)16-17-34(50)47(23-30-25-52-36(38)40-30)31(21-27-11-5-3-6-12-27)32(48)26-53-37-41-42-43-45(37)2/h9-10,15,19,25,27-28,31-32,48H,3-8,11-14,16-18,20-24,26H2,1-2H3,(H2,38,40)/t31-,32-/m0/s1. The van der Waals surface area contributed by atoms with Crippen molar-refractivity contribution in [3.05, 3.63) is 41.2 Å². The van der Waals surface area contributed by atoms with Crippen molar-refractivity contribution >= 4 is 46.0 Å². The van der Waals surface area contributed by atoms with Crippen LogP contribution in [0.15, 0.2) is 34.9 Å². The van der Waals surface area contributed by atoms with Crippen molar-refractivity contribution in [3.63, 3.8) is 0 Å². The summed E-state index contributed by atoms with van der Waals surface area (Å²) in [6.45, 7) is 1.15. The molecule has 2 aliphatic carbocycles. The Morgan fingerprint density at radius 3 is 2.36 bits per heavy atom. The van der Waals surface area contributed by atoms with Gasteiger partial charge in [0, 0.05) is 69.5 Å². The summed E-state index contributed by atoms with van der Waals surface area (Å²) in [5.41, 5.74) is 7.55. The molecule has 2 atom stereocenters. The average molecular weight is 769 g/mol. The first-order chi connectivity index (χ1) is 25.7. The summed E-state index contributed by atoms with van der Waals surface area (Å²) < 4.78 is 1.56. The Hall–Kier alpha value is -3.63. The van der Waals surface area contributed by atoms with E-state index >= 15 is 0 Å². The minimum atomic E-state index is -0.878. The van der Waals surface area contributed by atoms with Crippen molar-refractivity contribution < 1.29 is 19.5 Å². The highest BCUT2D eigenvalue weighted by Crippen LogP contribution is 2.32. The minimum absolute atomic E-state index is 0.0266. The Balaban J connectivity index is 1.29. The maximum absolute atomic E-state index is 14.4. The number of aliphatic hydroxyl groups is 1. The summed E-state index contributed by atoms with van der Waals surface area (Å²) in [6, 6.07) is 5.22. The molecule has 0 saturated heterocycles. The van der Waals surface area contributed by atoms with Crippen LogP contribution in [0.4, 0.5) is 5.13 Å². The van der Waals surface area contributed by atoms with Gasteiger partial charge >= 0.3 is 0 Å². The highest BCUT2D eigenvalue weighted by Gasteiger charge is 2.34. The molecular formula is C37H56N10O4S2. The first-order valence-electron chi connectivity index (χ1n) is 19.1. The van der Waals surface area contributed by atoms with Crippen LogP contribution in [0, 0.1) is 11.8 Å². The number of amides is 3. The Bertz CT molecular complexity index is 1580. The van der Waals surface area contributed by atoms with Gasteiger partial charge in [0.2, 0.25) is 22.9 Å². The monoisotopic (exact) mass is 768 g/mol. The lowest BCUT2D eigenvalue weighted by Crippen LogP contribution is -2.49. The van der Waals surface area contributed by atoms with E-state index in [1.165, 1.54) is 35.9 Å². The van der Waals surface area contributed by atoms with E-state index in [0.717, 1.165) is 57.1 Å². The first kappa shape index (κ1) is 40.6. The number of hydrogen-bond donors (Lipinski definition) is 2. The molecule has 2 saturated carbocycles. The molecule has 3 aromatic heterocycles. The molecule has 0 aromatic carbocycles. The van der Waals surface area contributed by atoms with Crippen LogP contribution in [-0.2, 0) is 34.4 Å². The van der Waals surface area contributed by atoms with Crippen LogP contribution in [0.2, 0.25) is 0 Å². The number of thiazole rings is 1. The van der Waals surface area contributed by atoms with E-state index in [-0.39, 0.29) is 43.7 Å². The van der Waals surface area contributed by atoms with E-state index in [2.05, 4.69) is 25.5 Å². The van der Waals surface area contributed by atoms with Crippen LogP contribution in [0.5, 0.6) is 0 Å². The summed E-state index contributed by atoms with van der Waals surface area (Å²) in [6.07, 6.45) is 13.1. The molecule has 53 heavy (non-hydrogen) atoms. The second kappa shape index (κ2) is 20.7. The zero-order valence-corrected chi connectivity index (χ0v) is 32.9.